The van der Waals surface area contributed by atoms with Crippen LogP contribution in [0.3, 0.4) is 0 Å². The Balaban J connectivity index is 2.04. The molecule has 2 N–H and O–H groups in total. The maximum Gasteiger partial charge on any atom is 0.232 e. The van der Waals surface area contributed by atoms with Crippen LogP contribution < -0.4 is 14.9 Å². The number of anilines is 4. The molecule has 0 fully saturated rings. The average Bonchev–Trinajstić information content (AvgIpc) is 2.67. The molecule has 9 nitrogen and oxygen atoms in total. The summed E-state index contributed by atoms with van der Waals surface area (Å²) >= 11 is 0. The van der Waals surface area contributed by atoms with E-state index in [4.69, 9.17) is 0 Å². The van der Waals surface area contributed by atoms with Gasteiger partial charge in [-0.1, -0.05) is 6.92 Å². The quantitative estimate of drug-likeness (QED) is 0.596. The Morgan fingerprint density at radius 1 is 1.14 bits per heavy atom. The van der Waals surface area contributed by atoms with Gasteiger partial charge in [0.25, 0.3) is 0 Å². The molecule has 0 saturated carbocycles. The van der Waals surface area contributed by atoms with Gasteiger partial charge in [-0.3, -0.25) is 4.72 Å². The molecule has 2 heterocycles. The number of benzene rings is 1. The highest BCUT2D eigenvalue weighted by atomic mass is 32.2. The molecule has 0 unspecified atom stereocenters. The van der Waals surface area contributed by atoms with Crippen LogP contribution in [0.1, 0.15) is 13.3 Å². The number of hydrogen-bond donors (Lipinski definition) is 2. The van der Waals surface area contributed by atoms with Crippen LogP contribution in [0.25, 0.3) is 11.0 Å². The SMILES string of the molecule is CCCS(=O)(=O)Nc1ccc(F)c(Nc2ncnc3cnc(N(C)C)nc23)c1F. The highest BCUT2D eigenvalue weighted by Crippen LogP contribution is 2.30. The van der Waals surface area contributed by atoms with Crippen molar-refractivity contribution in [2.24, 2.45) is 0 Å². The van der Waals surface area contributed by atoms with Crippen LogP contribution in [0, 0.1) is 11.6 Å². The van der Waals surface area contributed by atoms with Gasteiger partial charge in [-0.15, -0.1) is 0 Å². The van der Waals surface area contributed by atoms with E-state index >= 15 is 0 Å². The molecule has 0 amide bonds. The zero-order chi connectivity index (χ0) is 21.2. The fourth-order valence-corrected chi connectivity index (χ4v) is 3.64. The number of aromatic nitrogens is 4. The van der Waals surface area contributed by atoms with Gasteiger partial charge in [0.1, 0.15) is 28.9 Å². The predicted molar refractivity (Wildman–Crippen MR) is 107 cm³/mol. The monoisotopic (exact) mass is 423 g/mol. The molecule has 0 atom stereocenters. The summed E-state index contributed by atoms with van der Waals surface area (Å²) < 4.78 is 55.2. The van der Waals surface area contributed by atoms with Crippen molar-refractivity contribution in [1.82, 2.24) is 19.9 Å². The molecule has 1 aromatic carbocycles. The molecule has 12 heteroatoms. The van der Waals surface area contributed by atoms with Crippen LogP contribution in [-0.2, 0) is 10.0 Å². The fourth-order valence-electron chi connectivity index (χ4n) is 2.50. The molecule has 3 aromatic rings. The third-order valence-corrected chi connectivity index (χ3v) is 5.31. The second kappa shape index (κ2) is 8.07. The van der Waals surface area contributed by atoms with E-state index in [1.807, 2.05) is 0 Å². The lowest BCUT2D eigenvalue weighted by molar-refractivity contribution is 0.588. The summed E-state index contributed by atoms with van der Waals surface area (Å²) in [5, 5.41) is 2.56. The Kier molecular flexibility index (Phi) is 5.73. The summed E-state index contributed by atoms with van der Waals surface area (Å²) in [5.74, 6) is -1.80. The molecule has 154 valence electrons. The van der Waals surface area contributed by atoms with Crippen LogP contribution in [0.4, 0.5) is 31.9 Å². The standard InChI is InChI=1S/C17H19F2N7O2S/c1-4-7-29(27,28)25-11-6-5-10(18)14(13(11)19)23-16-15-12(21-9-22-16)8-20-17(24-15)26(2)3/h5-6,8-9,25H,4,7H2,1-3H3,(H,21,22,23). The van der Waals surface area contributed by atoms with Gasteiger partial charge in [0.05, 0.1) is 17.6 Å². The number of sulfonamides is 1. The minimum atomic E-state index is -3.75. The summed E-state index contributed by atoms with van der Waals surface area (Å²) in [6, 6.07) is 1.98. The molecule has 0 aliphatic heterocycles. The summed E-state index contributed by atoms with van der Waals surface area (Å²) in [5.41, 5.74) is -0.313. The first kappa shape index (κ1) is 20.6. The Morgan fingerprint density at radius 2 is 1.90 bits per heavy atom. The molecule has 29 heavy (non-hydrogen) atoms. The zero-order valence-corrected chi connectivity index (χ0v) is 16.8. The molecular formula is C17H19F2N7O2S. The highest BCUT2D eigenvalue weighted by molar-refractivity contribution is 7.92. The van der Waals surface area contributed by atoms with Gasteiger partial charge in [-0.25, -0.2) is 37.1 Å². The normalized spacial score (nSPS) is 11.5. The molecule has 0 aliphatic rings. The Labute approximate surface area is 166 Å². The summed E-state index contributed by atoms with van der Waals surface area (Å²) in [4.78, 5) is 18.2. The number of nitrogens with zero attached hydrogens (tertiary/aromatic N) is 5. The predicted octanol–water partition coefficient (Wildman–Crippen LogP) is 2.66. The van der Waals surface area contributed by atoms with E-state index < -0.39 is 27.3 Å². The zero-order valence-electron chi connectivity index (χ0n) is 15.9. The van der Waals surface area contributed by atoms with Crippen LogP contribution in [-0.4, -0.2) is 48.2 Å². The highest BCUT2D eigenvalue weighted by Gasteiger charge is 2.20. The first-order valence-electron chi connectivity index (χ1n) is 8.62. The molecule has 0 spiro atoms. The van der Waals surface area contributed by atoms with E-state index in [0.717, 1.165) is 12.1 Å². The van der Waals surface area contributed by atoms with E-state index in [1.165, 1.54) is 12.5 Å². The van der Waals surface area contributed by atoms with Gasteiger partial charge in [-0.2, -0.15) is 0 Å². The van der Waals surface area contributed by atoms with Crippen LogP contribution in [0.15, 0.2) is 24.7 Å². The van der Waals surface area contributed by atoms with Crippen molar-refractivity contribution >= 4 is 44.2 Å². The van der Waals surface area contributed by atoms with Crippen molar-refractivity contribution in [3.63, 3.8) is 0 Å². The van der Waals surface area contributed by atoms with Gasteiger partial charge >= 0.3 is 0 Å². The first-order valence-corrected chi connectivity index (χ1v) is 10.3. The first-order chi connectivity index (χ1) is 13.7. The lowest BCUT2D eigenvalue weighted by Gasteiger charge is -2.14. The second-order valence-corrected chi connectivity index (χ2v) is 8.19. The van der Waals surface area contributed by atoms with E-state index in [2.05, 4.69) is 30.0 Å². The van der Waals surface area contributed by atoms with E-state index in [-0.39, 0.29) is 22.8 Å². The summed E-state index contributed by atoms with van der Waals surface area (Å²) in [7, 11) is -0.273. The number of halogens is 2. The second-order valence-electron chi connectivity index (χ2n) is 6.35. The van der Waals surface area contributed by atoms with Crippen molar-refractivity contribution in [1.29, 1.82) is 0 Å². The number of nitrogens with one attached hydrogen (secondary N) is 2. The lowest BCUT2D eigenvalue weighted by Crippen LogP contribution is -2.17. The van der Waals surface area contributed by atoms with Crippen molar-refractivity contribution < 1.29 is 17.2 Å². The van der Waals surface area contributed by atoms with E-state index in [9.17, 15) is 17.2 Å². The molecule has 0 radical (unpaired) electrons. The van der Waals surface area contributed by atoms with E-state index in [1.54, 1.807) is 25.9 Å². The summed E-state index contributed by atoms with van der Waals surface area (Å²) in [6.07, 6.45) is 3.02. The fraction of sp³-hybridized carbons (Fsp3) is 0.294. The maximum atomic E-state index is 14.9. The van der Waals surface area contributed by atoms with Gasteiger partial charge in [-0.05, 0) is 18.6 Å². The topological polar surface area (TPSA) is 113 Å². The molecular weight excluding hydrogens is 404 g/mol. The smallest absolute Gasteiger partial charge is 0.232 e. The molecule has 0 saturated heterocycles. The molecule has 0 aliphatic carbocycles. The number of rotatable bonds is 7. The van der Waals surface area contributed by atoms with Crippen molar-refractivity contribution in [3.8, 4) is 0 Å². The van der Waals surface area contributed by atoms with E-state index in [0.29, 0.717) is 17.9 Å². The third-order valence-electron chi connectivity index (χ3n) is 3.84. The number of hydrogen-bond acceptors (Lipinski definition) is 8. The van der Waals surface area contributed by atoms with Crippen LogP contribution >= 0.6 is 0 Å². The van der Waals surface area contributed by atoms with Crippen molar-refractivity contribution in [2.45, 2.75) is 13.3 Å². The molecule has 2 aromatic heterocycles. The lowest BCUT2D eigenvalue weighted by atomic mass is 10.2. The minimum Gasteiger partial charge on any atom is -0.347 e. The Bertz CT molecular complexity index is 1160. The van der Waals surface area contributed by atoms with Crippen molar-refractivity contribution in [3.05, 3.63) is 36.3 Å². The van der Waals surface area contributed by atoms with Crippen molar-refractivity contribution in [2.75, 3.05) is 34.8 Å². The third kappa shape index (κ3) is 4.47. The van der Waals surface area contributed by atoms with Gasteiger partial charge in [0.15, 0.2) is 11.6 Å². The maximum absolute atomic E-state index is 14.9. The van der Waals surface area contributed by atoms with Gasteiger partial charge in [0, 0.05) is 14.1 Å². The average molecular weight is 423 g/mol. The van der Waals surface area contributed by atoms with Gasteiger partial charge in [0.2, 0.25) is 16.0 Å². The summed E-state index contributed by atoms with van der Waals surface area (Å²) in [6.45, 7) is 1.68. The van der Waals surface area contributed by atoms with Crippen LogP contribution in [0.5, 0.6) is 0 Å². The van der Waals surface area contributed by atoms with Crippen LogP contribution in [0.2, 0.25) is 0 Å². The molecule has 0 bridgehead atoms. The van der Waals surface area contributed by atoms with Gasteiger partial charge < -0.3 is 10.2 Å². The Hall–Kier alpha value is -3.15. The molecule has 3 rings (SSSR count). The minimum absolute atomic E-state index is 0.0480. The largest absolute Gasteiger partial charge is 0.347 e. The Morgan fingerprint density at radius 3 is 2.59 bits per heavy atom. The number of fused-ring (bicyclic) bond motifs is 1.